The van der Waals surface area contributed by atoms with Gasteiger partial charge in [-0.15, -0.1) is 0 Å². The number of rotatable bonds is 26. The van der Waals surface area contributed by atoms with Gasteiger partial charge in [-0.05, 0) is 19.3 Å². The lowest BCUT2D eigenvalue weighted by atomic mass is 9.93. The number of aromatic amines is 1. The van der Waals surface area contributed by atoms with E-state index in [9.17, 15) is 0 Å². The van der Waals surface area contributed by atoms with Crippen molar-refractivity contribution in [1.29, 1.82) is 0 Å². The summed E-state index contributed by atoms with van der Waals surface area (Å²) in [5.41, 5.74) is 0. The van der Waals surface area contributed by atoms with Gasteiger partial charge in [0.05, 0.1) is 12.5 Å². The first kappa shape index (κ1) is 31.2. The Morgan fingerprint density at radius 1 is 0.529 bits per heavy atom. The summed E-state index contributed by atoms with van der Waals surface area (Å²) in [5, 5.41) is 0. The lowest BCUT2D eigenvalue weighted by Gasteiger charge is -2.14. The van der Waals surface area contributed by atoms with E-state index in [1.165, 1.54) is 160 Å². The highest BCUT2D eigenvalue weighted by Crippen LogP contribution is 2.26. The second-order valence-corrected chi connectivity index (χ2v) is 11.0. The number of nitrogens with one attached hydrogen (secondary N) is 1. The average Bonchev–Trinajstić information content (AvgIpc) is 3.30. The van der Waals surface area contributed by atoms with E-state index in [1.54, 1.807) is 0 Å². The van der Waals surface area contributed by atoms with Crippen molar-refractivity contribution in [3.63, 3.8) is 0 Å². The van der Waals surface area contributed by atoms with E-state index in [-0.39, 0.29) is 0 Å². The molecular weight excluding hydrogens is 412 g/mol. The molecule has 2 nitrogen and oxygen atoms in total. The summed E-state index contributed by atoms with van der Waals surface area (Å²) in [4.78, 5) is 3.63. The molecule has 0 amide bonds. The summed E-state index contributed by atoms with van der Waals surface area (Å²) in [5.74, 6) is 2.24. The van der Waals surface area contributed by atoms with Gasteiger partial charge < -0.3 is 0 Å². The van der Waals surface area contributed by atoms with Gasteiger partial charge >= 0.3 is 0 Å². The van der Waals surface area contributed by atoms with E-state index in [0.29, 0.717) is 0 Å². The molecule has 0 unspecified atom stereocenters. The molecule has 0 spiro atoms. The van der Waals surface area contributed by atoms with Gasteiger partial charge in [0.1, 0.15) is 12.4 Å². The number of hydrogen-bond donors (Lipinski definition) is 1. The van der Waals surface area contributed by atoms with Crippen molar-refractivity contribution in [2.24, 2.45) is 0 Å². The largest absolute Gasteiger partial charge is 0.257 e. The average molecular weight is 476 g/mol. The molecule has 1 aromatic rings. The molecule has 1 atom stereocenters. The number of hydrogen-bond acceptors (Lipinski definition) is 0. The molecule has 0 bridgehead atoms. The highest BCUT2D eigenvalue weighted by atomic mass is 15.1. The molecule has 0 aliphatic heterocycles. The fraction of sp³-hybridized carbons (Fsp3) is 0.906. The second kappa shape index (κ2) is 23.9. The van der Waals surface area contributed by atoms with E-state index >= 15 is 0 Å². The van der Waals surface area contributed by atoms with Crippen molar-refractivity contribution in [1.82, 2.24) is 4.98 Å². The molecule has 34 heavy (non-hydrogen) atoms. The molecule has 1 rings (SSSR count). The van der Waals surface area contributed by atoms with Crippen LogP contribution in [0.15, 0.2) is 12.4 Å². The highest BCUT2D eigenvalue weighted by Gasteiger charge is 2.22. The Bertz CT molecular complexity index is 521. The van der Waals surface area contributed by atoms with Gasteiger partial charge in [0, 0.05) is 0 Å². The molecule has 0 aromatic carbocycles. The van der Waals surface area contributed by atoms with Gasteiger partial charge in [0.15, 0.2) is 0 Å². The van der Waals surface area contributed by atoms with Crippen LogP contribution in [0.3, 0.4) is 0 Å². The van der Waals surface area contributed by atoms with Crippen molar-refractivity contribution in [3.8, 4) is 0 Å². The van der Waals surface area contributed by atoms with Gasteiger partial charge in [-0.25, -0.2) is 9.55 Å². The Kier molecular flexibility index (Phi) is 22.0. The molecular formula is C32H63N2+. The zero-order valence-electron chi connectivity index (χ0n) is 23.9. The molecule has 1 N–H and O–H groups in total. The molecule has 1 aromatic heterocycles. The molecule has 2 heteroatoms. The van der Waals surface area contributed by atoms with Crippen LogP contribution in [0.25, 0.3) is 0 Å². The first-order chi connectivity index (χ1) is 16.8. The Morgan fingerprint density at radius 2 is 0.912 bits per heavy atom. The standard InChI is InChI=1S/C32H62N2/c1-4-7-9-11-13-15-17-19-21-23-25-27-31(32-33-28-30-34(32)29-6-3)26-24-22-20-18-16-14-12-10-8-5-2/h28,30-31H,4-27,29H2,1-3H3/p+1/t31-/m0/s1. The highest BCUT2D eigenvalue weighted by molar-refractivity contribution is 4.90. The molecule has 0 fully saturated rings. The van der Waals surface area contributed by atoms with Gasteiger partial charge in [0.25, 0.3) is 5.82 Å². The third-order valence-corrected chi connectivity index (χ3v) is 7.71. The van der Waals surface area contributed by atoms with Crippen LogP contribution in [0.1, 0.15) is 187 Å². The molecule has 0 aliphatic carbocycles. The quantitative estimate of drug-likeness (QED) is 0.101. The first-order valence-corrected chi connectivity index (χ1v) is 15.9. The first-order valence-electron chi connectivity index (χ1n) is 15.9. The topological polar surface area (TPSA) is 19.7 Å². The van der Waals surface area contributed by atoms with Gasteiger partial charge in [-0.1, -0.05) is 156 Å². The summed E-state index contributed by atoms with van der Waals surface area (Å²) in [6, 6.07) is 0. The fourth-order valence-corrected chi connectivity index (χ4v) is 5.51. The van der Waals surface area contributed by atoms with Crippen LogP contribution in [-0.4, -0.2) is 4.98 Å². The minimum Gasteiger partial charge on any atom is -0.247 e. The van der Waals surface area contributed by atoms with E-state index in [4.69, 9.17) is 0 Å². The minimum absolute atomic E-state index is 0.731. The fourth-order valence-electron chi connectivity index (χ4n) is 5.51. The molecule has 1 heterocycles. The summed E-state index contributed by atoms with van der Waals surface area (Å²) in [7, 11) is 0. The molecule has 0 saturated carbocycles. The summed E-state index contributed by atoms with van der Waals surface area (Å²) in [6.07, 6.45) is 38.6. The predicted octanol–water partition coefficient (Wildman–Crippen LogP) is 10.8. The summed E-state index contributed by atoms with van der Waals surface area (Å²) in [6.45, 7) is 8.07. The monoisotopic (exact) mass is 475 g/mol. The van der Waals surface area contributed by atoms with Crippen molar-refractivity contribution < 1.29 is 4.57 Å². The van der Waals surface area contributed by atoms with Gasteiger partial charge in [-0.3, -0.25) is 0 Å². The maximum absolute atomic E-state index is 3.63. The van der Waals surface area contributed by atoms with Crippen LogP contribution >= 0.6 is 0 Å². The number of aryl methyl sites for hydroxylation is 1. The molecule has 0 radical (unpaired) electrons. The maximum Gasteiger partial charge on any atom is 0.257 e. The second-order valence-electron chi connectivity index (χ2n) is 11.0. The van der Waals surface area contributed by atoms with Crippen molar-refractivity contribution in [3.05, 3.63) is 18.2 Å². The van der Waals surface area contributed by atoms with Crippen LogP contribution < -0.4 is 4.57 Å². The molecule has 0 aliphatic rings. The number of imidazole rings is 1. The molecule has 0 saturated heterocycles. The number of H-pyrrole nitrogens is 1. The minimum atomic E-state index is 0.731. The third-order valence-electron chi connectivity index (χ3n) is 7.71. The van der Waals surface area contributed by atoms with Crippen LogP contribution in [-0.2, 0) is 6.54 Å². The zero-order valence-corrected chi connectivity index (χ0v) is 23.9. The van der Waals surface area contributed by atoms with E-state index in [2.05, 4.69) is 42.7 Å². The number of nitrogens with zero attached hydrogens (tertiary/aromatic N) is 1. The Morgan fingerprint density at radius 3 is 1.29 bits per heavy atom. The van der Waals surface area contributed by atoms with Crippen LogP contribution in [0.2, 0.25) is 0 Å². The van der Waals surface area contributed by atoms with E-state index in [1.807, 2.05) is 0 Å². The normalized spacial score (nSPS) is 12.4. The van der Waals surface area contributed by atoms with Crippen LogP contribution in [0.4, 0.5) is 0 Å². The van der Waals surface area contributed by atoms with Gasteiger partial charge in [0.2, 0.25) is 0 Å². The smallest absolute Gasteiger partial charge is 0.247 e. The lowest BCUT2D eigenvalue weighted by Crippen LogP contribution is -2.37. The Labute approximate surface area is 215 Å². The van der Waals surface area contributed by atoms with Crippen LogP contribution in [0.5, 0.6) is 0 Å². The third kappa shape index (κ3) is 16.8. The van der Waals surface area contributed by atoms with E-state index in [0.717, 1.165) is 12.5 Å². The number of unbranched alkanes of at least 4 members (excludes halogenated alkanes) is 19. The van der Waals surface area contributed by atoms with Crippen LogP contribution in [0, 0.1) is 0 Å². The summed E-state index contributed by atoms with van der Waals surface area (Å²) >= 11 is 0. The maximum atomic E-state index is 3.63. The predicted molar refractivity (Wildman–Crippen MR) is 152 cm³/mol. The van der Waals surface area contributed by atoms with Crippen molar-refractivity contribution in [2.75, 3.05) is 0 Å². The van der Waals surface area contributed by atoms with E-state index < -0.39 is 0 Å². The van der Waals surface area contributed by atoms with Gasteiger partial charge in [-0.2, -0.15) is 0 Å². The zero-order chi connectivity index (χ0) is 24.5. The van der Waals surface area contributed by atoms with Crippen molar-refractivity contribution >= 4 is 0 Å². The summed E-state index contributed by atoms with van der Waals surface area (Å²) < 4.78 is 2.50. The molecule has 200 valence electrons. The number of aromatic nitrogens is 2. The Hall–Kier alpha value is -0.790. The van der Waals surface area contributed by atoms with Crippen molar-refractivity contribution in [2.45, 2.75) is 187 Å². The lowest BCUT2D eigenvalue weighted by molar-refractivity contribution is -0.704. The SMILES string of the molecule is CCCCCCCCCCCCC[C@H](CCCCCCCCCCCC)c1[nH]cc[n+]1CCC. The Balaban J connectivity index is 2.21.